The summed E-state index contributed by atoms with van der Waals surface area (Å²) in [5, 5.41) is 11.8. The molecule has 2 aromatic rings. The van der Waals surface area contributed by atoms with Gasteiger partial charge in [-0.3, -0.25) is 9.59 Å². The third kappa shape index (κ3) is 5.21. The van der Waals surface area contributed by atoms with Crippen LogP contribution in [0.1, 0.15) is 11.1 Å². The van der Waals surface area contributed by atoms with Crippen LogP contribution >= 0.6 is 0 Å². The molecule has 0 heterocycles. The summed E-state index contributed by atoms with van der Waals surface area (Å²) in [6, 6.07) is 15.3. The van der Waals surface area contributed by atoms with E-state index in [1.807, 2.05) is 30.3 Å². The number of benzene rings is 2. The summed E-state index contributed by atoms with van der Waals surface area (Å²) in [6.07, 6.45) is 0.223. The Kier molecular flexibility index (Phi) is 5.86. The maximum Gasteiger partial charge on any atom is 0.308 e. The average Bonchev–Trinajstić information content (AvgIpc) is 2.54. The van der Waals surface area contributed by atoms with E-state index in [4.69, 9.17) is 0 Å². The molecule has 0 aliphatic carbocycles. The third-order valence-corrected chi connectivity index (χ3v) is 3.53. The van der Waals surface area contributed by atoms with Gasteiger partial charge in [0, 0.05) is 6.54 Å². The van der Waals surface area contributed by atoms with Crippen molar-refractivity contribution in [3.8, 4) is 0 Å². The fraction of sp³-hybridized carbons (Fsp3) is 0.222. The summed E-state index contributed by atoms with van der Waals surface area (Å²) >= 11 is 0. The molecule has 2 rings (SSSR count). The van der Waals surface area contributed by atoms with Gasteiger partial charge in [0.2, 0.25) is 5.91 Å². The van der Waals surface area contributed by atoms with Gasteiger partial charge in [0.15, 0.2) is 0 Å². The monoisotopic (exact) mass is 315 g/mol. The lowest BCUT2D eigenvalue weighted by Crippen LogP contribution is -2.35. The molecule has 0 aliphatic heterocycles. The number of carbonyl (C=O) groups is 2. The highest BCUT2D eigenvalue weighted by molar-refractivity contribution is 5.79. The van der Waals surface area contributed by atoms with E-state index in [1.54, 1.807) is 12.1 Å². The number of amides is 1. The number of nitrogens with one attached hydrogen (secondary N) is 1. The Morgan fingerprint density at radius 1 is 1.04 bits per heavy atom. The lowest BCUT2D eigenvalue weighted by atomic mass is 9.99. The average molecular weight is 315 g/mol. The molecule has 0 bridgehead atoms. The lowest BCUT2D eigenvalue weighted by Gasteiger charge is -2.13. The Morgan fingerprint density at radius 3 is 2.35 bits per heavy atom. The Labute approximate surface area is 134 Å². The van der Waals surface area contributed by atoms with Crippen molar-refractivity contribution in [1.82, 2.24) is 5.32 Å². The molecule has 0 saturated carbocycles. The van der Waals surface area contributed by atoms with Gasteiger partial charge in [0.05, 0.1) is 12.3 Å². The minimum Gasteiger partial charge on any atom is -0.481 e. The predicted molar refractivity (Wildman–Crippen MR) is 84.4 cm³/mol. The van der Waals surface area contributed by atoms with E-state index >= 15 is 0 Å². The second-order valence-electron chi connectivity index (χ2n) is 5.30. The van der Waals surface area contributed by atoms with Crippen molar-refractivity contribution in [3.05, 3.63) is 71.5 Å². The Hall–Kier alpha value is -2.69. The second kappa shape index (κ2) is 8.08. The number of carboxylic acid groups (broad SMARTS) is 1. The largest absolute Gasteiger partial charge is 0.481 e. The fourth-order valence-electron chi connectivity index (χ4n) is 2.26. The highest BCUT2D eigenvalue weighted by atomic mass is 19.1. The Bertz CT molecular complexity index is 673. The van der Waals surface area contributed by atoms with Crippen LogP contribution in [0.15, 0.2) is 54.6 Å². The van der Waals surface area contributed by atoms with E-state index in [0.717, 1.165) is 5.56 Å². The third-order valence-electron chi connectivity index (χ3n) is 3.53. The van der Waals surface area contributed by atoms with E-state index < -0.39 is 23.6 Å². The van der Waals surface area contributed by atoms with Crippen molar-refractivity contribution >= 4 is 11.9 Å². The molecule has 4 nitrogen and oxygen atoms in total. The summed E-state index contributed by atoms with van der Waals surface area (Å²) in [7, 11) is 0. The predicted octanol–water partition coefficient (Wildman–Crippen LogP) is 2.43. The van der Waals surface area contributed by atoms with Gasteiger partial charge in [-0.05, 0) is 23.6 Å². The number of hydrogen-bond donors (Lipinski definition) is 2. The first-order chi connectivity index (χ1) is 11.1. The summed E-state index contributed by atoms with van der Waals surface area (Å²) in [4.78, 5) is 23.2. The van der Waals surface area contributed by atoms with Crippen LogP contribution in [-0.4, -0.2) is 23.5 Å². The molecular weight excluding hydrogens is 297 g/mol. The number of hydrogen-bond acceptors (Lipinski definition) is 2. The van der Waals surface area contributed by atoms with Crippen molar-refractivity contribution in [1.29, 1.82) is 0 Å². The summed E-state index contributed by atoms with van der Waals surface area (Å²) < 4.78 is 13.5. The molecular formula is C18H18FNO3. The molecule has 120 valence electrons. The standard InChI is InChI=1S/C18H18FNO3/c19-16-9-5-4-8-14(16)11-17(21)20-12-15(18(22)23)10-13-6-2-1-3-7-13/h1-9,15H,10-12H2,(H,20,21)(H,22,23)/t15-/m1/s1. The van der Waals surface area contributed by atoms with Crippen LogP contribution in [0.5, 0.6) is 0 Å². The minimum atomic E-state index is -0.972. The number of aliphatic carboxylic acids is 1. The molecule has 0 saturated heterocycles. The molecule has 0 spiro atoms. The molecule has 0 unspecified atom stereocenters. The lowest BCUT2D eigenvalue weighted by molar-refractivity contribution is -0.141. The topological polar surface area (TPSA) is 66.4 Å². The van der Waals surface area contributed by atoms with E-state index in [2.05, 4.69) is 5.32 Å². The molecule has 1 amide bonds. The van der Waals surface area contributed by atoms with Crippen molar-refractivity contribution in [2.45, 2.75) is 12.8 Å². The SMILES string of the molecule is O=C(Cc1ccccc1F)NC[C@@H](Cc1ccccc1)C(=O)O. The molecule has 0 aromatic heterocycles. The molecule has 0 fully saturated rings. The Morgan fingerprint density at radius 2 is 1.70 bits per heavy atom. The van der Waals surface area contributed by atoms with Crippen molar-refractivity contribution < 1.29 is 19.1 Å². The van der Waals surface area contributed by atoms with Gasteiger partial charge in [0.25, 0.3) is 0 Å². The number of halogens is 1. The van der Waals surface area contributed by atoms with Gasteiger partial charge >= 0.3 is 5.97 Å². The minimum absolute atomic E-state index is 0.0114. The van der Waals surface area contributed by atoms with Crippen LogP contribution in [0.4, 0.5) is 4.39 Å². The van der Waals surface area contributed by atoms with Crippen molar-refractivity contribution in [2.75, 3.05) is 6.54 Å². The molecule has 2 aromatic carbocycles. The van der Waals surface area contributed by atoms with E-state index in [0.29, 0.717) is 12.0 Å². The molecule has 0 radical (unpaired) electrons. The summed E-state index contributed by atoms with van der Waals surface area (Å²) in [6.45, 7) is 0.0114. The first kappa shape index (κ1) is 16.7. The van der Waals surface area contributed by atoms with Crippen LogP contribution in [0.2, 0.25) is 0 Å². The number of carboxylic acids is 1. The number of carbonyl (C=O) groups excluding carboxylic acids is 1. The quantitative estimate of drug-likeness (QED) is 0.824. The van der Waals surface area contributed by atoms with Gasteiger partial charge in [-0.2, -0.15) is 0 Å². The van der Waals surface area contributed by atoms with E-state index in [-0.39, 0.29) is 13.0 Å². The Balaban J connectivity index is 1.90. The van der Waals surface area contributed by atoms with Gasteiger partial charge in [-0.15, -0.1) is 0 Å². The maximum absolute atomic E-state index is 13.5. The summed E-state index contributed by atoms with van der Waals surface area (Å²) in [5.41, 5.74) is 1.18. The molecule has 1 atom stereocenters. The zero-order valence-electron chi connectivity index (χ0n) is 12.5. The normalized spacial score (nSPS) is 11.7. The first-order valence-corrected chi connectivity index (χ1v) is 7.33. The fourth-order valence-corrected chi connectivity index (χ4v) is 2.26. The zero-order valence-corrected chi connectivity index (χ0v) is 12.5. The van der Waals surface area contributed by atoms with Gasteiger partial charge in [-0.25, -0.2) is 4.39 Å². The number of rotatable bonds is 7. The van der Waals surface area contributed by atoms with Crippen molar-refractivity contribution in [2.24, 2.45) is 5.92 Å². The van der Waals surface area contributed by atoms with Crippen molar-refractivity contribution in [3.63, 3.8) is 0 Å². The highest BCUT2D eigenvalue weighted by Crippen LogP contribution is 2.10. The maximum atomic E-state index is 13.5. The smallest absolute Gasteiger partial charge is 0.308 e. The van der Waals surface area contributed by atoms with Crippen LogP contribution < -0.4 is 5.32 Å². The molecule has 2 N–H and O–H groups in total. The van der Waals surface area contributed by atoms with Gasteiger partial charge < -0.3 is 10.4 Å². The molecule has 0 aliphatic rings. The summed E-state index contributed by atoms with van der Waals surface area (Å²) in [5.74, 6) is -2.53. The highest BCUT2D eigenvalue weighted by Gasteiger charge is 2.19. The first-order valence-electron chi connectivity index (χ1n) is 7.33. The van der Waals surface area contributed by atoms with Crippen LogP contribution in [0.3, 0.4) is 0 Å². The van der Waals surface area contributed by atoms with Gasteiger partial charge in [0.1, 0.15) is 5.82 Å². The van der Waals surface area contributed by atoms with E-state index in [9.17, 15) is 19.1 Å². The van der Waals surface area contributed by atoms with Crippen LogP contribution in [0.25, 0.3) is 0 Å². The van der Waals surface area contributed by atoms with Crippen LogP contribution in [0, 0.1) is 11.7 Å². The van der Waals surface area contributed by atoms with E-state index in [1.165, 1.54) is 12.1 Å². The molecule has 23 heavy (non-hydrogen) atoms. The van der Waals surface area contributed by atoms with Gasteiger partial charge in [-0.1, -0.05) is 48.5 Å². The zero-order chi connectivity index (χ0) is 16.7. The second-order valence-corrected chi connectivity index (χ2v) is 5.30. The van der Waals surface area contributed by atoms with Crippen LogP contribution in [-0.2, 0) is 22.4 Å². The molecule has 5 heteroatoms.